The molecule has 5 rings (SSSR count). The molecule has 0 saturated carbocycles. The largest absolute Gasteiger partial charge is 0.494 e. The van der Waals surface area contributed by atoms with E-state index < -0.39 is 0 Å². The molecular formula is C24H24N2O3S. The Morgan fingerprint density at radius 3 is 2.63 bits per heavy atom. The summed E-state index contributed by atoms with van der Waals surface area (Å²) in [7, 11) is 0. The lowest BCUT2D eigenvalue weighted by molar-refractivity contribution is -0.0209. The Kier molecular flexibility index (Phi) is 5.09. The van der Waals surface area contributed by atoms with Crippen molar-refractivity contribution in [2.75, 3.05) is 13.2 Å². The second-order valence-electron chi connectivity index (χ2n) is 7.24. The van der Waals surface area contributed by atoms with Gasteiger partial charge in [0.2, 0.25) is 6.23 Å². The third-order valence-electron chi connectivity index (χ3n) is 5.41. The molecule has 0 radical (unpaired) electrons. The third-order valence-corrected chi connectivity index (χ3v) is 6.11. The molecule has 154 valence electrons. The topological polar surface area (TPSA) is 43.3 Å². The van der Waals surface area contributed by atoms with Crippen LogP contribution in [0.5, 0.6) is 17.2 Å². The summed E-state index contributed by atoms with van der Waals surface area (Å²) >= 11 is 1.67. The molecule has 1 aromatic heterocycles. The maximum Gasteiger partial charge on any atom is 0.214 e. The number of nitrogens with zero attached hydrogens (tertiary/aromatic N) is 2. The van der Waals surface area contributed by atoms with Crippen LogP contribution in [-0.4, -0.2) is 23.9 Å². The van der Waals surface area contributed by atoms with Gasteiger partial charge < -0.3 is 14.2 Å². The SMILES string of the molecule is CCOc1ccc(C2=NN3C(C2)c2cccc(OCC)c2OC3c2ccsc2)cc1. The van der Waals surface area contributed by atoms with E-state index in [0.717, 1.165) is 46.1 Å². The highest BCUT2D eigenvalue weighted by Gasteiger charge is 2.42. The van der Waals surface area contributed by atoms with Gasteiger partial charge in [-0.1, -0.05) is 12.1 Å². The average molecular weight is 421 g/mol. The van der Waals surface area contributed by atoms with Crippen LogP contribution in [0.3, 0.4) is 0 Å². The lowest BCUT2D eigenvalue weighted by Gasteiger charge is -2.38. The van der Waals surface area contributed by atoms with Crippen LogP contribution in [0.2, 0.25) is 0 Å². The zero-order valence-electron chi connectivity index (χ0n) is 17.1. The van der Waals surface area contributed by atoms with Gasteiger partial charge in [-0.05, 0) is 66.6 Å². The van der Waals surface area contributed by atoms with Gasteiger partial charge in [0.15, 0.2) is 11.5 Å². The smallest absolute Gasteiger partial charge is 0.214 e. The minimum atomic E-state index is -0.268. The maximum atomic E-state index is 6.49. The van der Waals surface area contributed by atoms with Gasteiger partial charge in [-0.3, -0.25) is 0 Å². The molecule has 0 amide bonds. The Morgan fingerprint density at radius 1 is 1.07 bits per heavy atom. The molecule has 0 bridgehead atoms. The van der Waals surface area contributed by atoms with Gasteiger partial charge in [0.05, 0.1) is 25.0 Å². The normalized spacial score (nSPS) is 19.5. The first kappa shape index (κ1) is 19.0. The van der Waals surface area contributed by atoms with Crippen LogP contribution >= 0.6 is 11.3 Å². The highest BCUT2D eigenvalue weighted by atomic mass is 32.1. The van der Waals surface area contributed by atoms with Crippen LogP contribution in [0.1, 0.15) is 49.2 Å². The van der Waals surface area contributed by atoms with Crippen LogP contribution in [0.25, 0.3) is 0 Å². The van der Waals surface area contributed by atoms with Crippen molar-refractivity contribution in [3.63, 3.8) is 0 Å². The van der Waals surface area contributed by atoms with E-state index in [1.54, 1.807) is 11.3 Å². The molecule has 0 fully saturated rings. The number of hydrogen-bond acceptors (Lipinski definition) is 6. The van der Waals surface area contributed by atoms with Crippen molar-refractivity contribution in [2.45, 2.75) is 32.5 Å². The summed E-state index contributed by atoms with van der Waals surface area (Å²) in [6.07, 6.45) is 0.552. The summed E-state index contributed by atoms with van der Waals surface area (Å²) in [6.45, 7) is 5.25. The molecule has 3 heterocycles. The lowest BCUT2D eigenvalue weighted by Crippen LogP contribution is -2.33. The quantitative estimate of drug-likeness (QED) is 0.506. The molecule has 2 aromatic carbocycles. The number of para-hydroxylation sites is 1. The van der Waals surface area contributed by atoms with E-state index >= 15 is 0 Å². The number of benzene rings is 2. The summed E-state index contributed by atoms with van der Waals surface area (Å²) in [4.78, 5) is 0. The van der Waals surface area contributed by atoms with Gasteiger partial charge in [0.1, 0.15) is 5.75 Å². The van der Waals surface area contributed by atoms with Crippen LogP contribution in [0.15, 0.2) is 64.4 Å². The lowest BCUT2D eigenvalue weighted by atomic mass is 9.95. The molecule has 0 aliphatic carbocycles. The molecule has 3 aromatic rings. The van der Waals surface area contributed by atoms with Gasteiger partial charge >= 0.3 is 0 Å². The molecule has 2 atom stereocenters. The van der Waals surface area contributed by atoms with Gasteiger partial charge in [0.25, 0.3) is 0 Å². The van der Waals surface area contributed by atoms with Gasteiger partial charge in [-0.2, -0.15) is 16.4 Å². The number of hydrazone groups is 1. The third kappa shape index (κ3) is 3.31. The summed E-state index contributed by atoms with van der Waals surface area (Å²) in [5.74, 6) is 2.51. The van der Waals surface area contributed by atoms with E-state index in [4.69, 9.17) is 19.3 Å². The van der Waals surface area contributed by atoms with E-state index in [1.165, 1.54) is 0 Å². The first-order valence-electron chi connectivity index (χ1n) is 10.3. The van der Waals surface area contributed by atoms with E-state index in [9.17, 15) is 0 Å². The predicted molar refractivity (Wildman–Crippen MR) is 119 cm³/mol. The molecule has 6 heteroatoms. The van der Waals surface area contributed by atoms with Crippen molar-refractivity contribution in [3.8, 4) is 17.2 Å². The first-order chi connectivity index (χ1) is 14.8. The molecule has 2 unspecified atom stereocenters. The molecule has 30 heavy (non-hydrogen) atoms. The minimum absolute atomic E-state index is 0.112. The van der Waals surface area contributed by atoms with Crippen molar-refractivity contribution in [2.24, 2.45) is 5.10 Å². The monoisotopic (exact) mass is 420 g/mol. The van der Waals surface area contributed by atoms with Crippen LogP contribution in [0, 0.1) is 0 Å². The fourth-order valence-electron chi connectivity index (χ4n) is 4.07. The zero-order chi connectivity index (χ0) is 20.5. The van der Waals surface area contributed by atoms with Crippen LogP contribution in [-0.2, 0) is 0 Å². The van der Waals surface area contributed by atoms with Gasteiger partial charge in [0, 0.05) is 17.5 Å². The average Bonchev–Trinajstić information content (AvgIpc) is 3.45. The van der Waals surface area contributed by atoms with Crippen molar-refractivity contribution < 1.29 is 14.2 Å². The van der Waals surface area contributed by atoms with Crippen molar-refractivity contribution in [3.05, 3.63) is 76.0 Å². The summed E-state index contributed by atoms with van der Waals surface area (Å²) < 4.78 is 17.9. The Morgan fingerprint density at radius 2 is 1.90 bits per heavy atom. The molecule has 0 saturated heterocycles. The number of fused-ring (bicyclic) bond motifs is 3. The fraction of sp³-hybridized carbons (Fsp3) is 0.292. The molecule has 2 aliphatic heterocycles. The van der Waals surface area contributed by atoms with E-state index in [1.807, 2.05) is 38.1 Å². The zero-order valence-corrected chi connectivity index (χ0v) is 17.9. The summed E-state index contributed by atoms with van der Waals surface area (Å²) in [6, 6.07) is 16.5. The Bertz CT molecular complexity index is 1050. The number of ether oxygens (including phenoxy) is 3. The first-order valence-corrected chi connectivity index (χ1v) is 11.3. The van der Waals surface area contributed by atoms with E-state index in [2.05, 4.69) is 40.0 Å². The van der Waals surface area contributed by atoms with Crippen LogP contribution in [0.4, 0.5) is 0 Å². The second kappa shape index (κ2) is 8.03. The van der Waals surface area contributed by atoms with Crippen molar-refractivity contribution in [1.29, 1.82) is 0 Å². The predicted octanol–water partition coefficient (Wildman–Crippen LogP) is 5.79. The minimum Gasteiger partial charge on any atom is -0.494 e. The maximum absolute atomic E-state index is 6.49. The highest BCUT2D eigenvalue weighted by Crippen LogP contribution is 2.50. The van der Waals surface area contributed by atoms with Crippen LogP contribution < -0.4 is 14.2 Å². The highest BCUT2D eigenvalue weighted by molar-refractivity contribution is 7.07. The van der Waals surface area contributed by atoms with Crippen molar-refractivity contribution >= 4 is 17.0 Å². The molecule has 2 aliphatic rings. The summed E-state index contributed by atoms with van der Waals surface area (Å²) in [5.41, 5.74) is 4.40. The molecular weight excluding hydrogens is 396 g/mol. The molecule has 0 spiro atoms. The van der Waals surface area contributed by atoms with E-state index in [-0.39, 0.29) is 12.3 Å². The molecule has 5 nitrogen and oxygen atoms in total. The van der Waals surface area contributed by atoms with Gasteiger partial charge in [-0.25, -0.2) is 5.01 Å². The molecule has 0 N–H and O–H groups in total. The van der Waals surface area contributed by atoms with Gasteiger partial charge in [-0.15, -0.1) is 0 Å². The Labute approximate surface area is 180 Å². The number of rotatable bonds is 6. The summed E-state index contributed by atoms with van der Waals surface area (Å²) in [5, 5.41) is 11.3. The Balaban J connectivity index is 1.54. The second-order valence-corrected chi connectivity index (χ2v) is 8.02. The Hall–Kier alpha value is -2.99. The standard InChI is InChI=1S/C24H24N2O3S/c1-3-27-18-10-8-16(9-11-18)20-14-21-19-6-5-7-22(28-4-2)23(19)29-24(26(21)25-20)17-12-13-30-15-17/h5-13,15,21,24H,3-4,14H2,1-2H3. The van der Waals surface area contributed by atoms with Crippen molar-refractivity contribution in [1.82, 2.24) is 5.01 Å². The number of thiophene rings is 1. The number of hydrogen-bond donors (Lipinski definition) is 0. The fourth-order valence-corrected chi connectivity index (χ4v) is 4.74. The van der Waals surface area contributed by atoms with E-state index in [0.29, 0.717) is 13.2 Å².